The number of hydrazone groups is 1. The molecule has 1 amide bonds. The molecule has 4 rings (SSSR count). The standard InChI is InChI=1S/C21H14ClN3OS/c22-18-16-8-4-5-9-17(16)27-20(18)21(26)25-24-19(14-6-2-1-3-7-14)15-10-12-23-13-11-15/h1-13H,(H,25,26)/b24-19+. The third kappa shape index (κ3) is 3.60. The second kappa shape index (κ2) is 7.70. The highest BCUT2D eigenvalue weighted by Gasteiger charge is 2.17. The summed E-state index contributed by atoms with van der Waals surface area (Å²) in [6.45, 7) is 0. The van der Waals surface area contributed by atoms with Gasteiger partial charge in [-0.15, -0.1) is 11.3 Å². The summed E-state index contributed by atoms with van der Waals surface area (Å²) in [7, 11) is 0. The van der Waals surface area contributed by atoms with E-state index in [1.54, 1.807) is 12.4 Å². The predicted octanol–water partition coefficient (Wildman–Crippen LogP) is 5.13. The zero-order valence-electron chi connectivity index (χ0n) is 14.1. The molecule has 0 radical (unpaired) electrons. The van der Waals surface area contributed by atoms with E-state index in [-0.39, 0.29) is 5.91 Å². The number of carbonyl (C=O) groups excluding carboxylic acids is 1. The van der Waals surface area contributed by atoms with E-state index in [1.807, 2.05) is 66.7 Å². The number of nitrogens with zero attached hydrogens (tertiary/aromatic N) is 2. The number of aromatic nitrogens is 1. The van der Waals surface area contributed by atoms with Crippen LogP contribution >= 0.6 is 22.9 Å². The van der Waals surface area contributed by atoms with Gasteiger partial charge in [-0.05, 0) is 18.2 Å². The van der Waals surface area contributed by atoms with Crippen LogP contribution in [0.15, 0.2) is 84.2 Å². The summed E-state index contributed by atoms with van der Waals surface area (Å²) in [6.07, 6.45) is 3.39. The van der Waals surface area contributed by atoms with Gasteiger partial charge in [0.05, 0.1) is 10.7 Å². The smallest absolute Gasteiger partial charge is 0.266 e. The van der Waals surface area contributed by atoms with Gasteiger partial charge in [-0.25, -0.2) is 5.43 Å². The number of rotatable bonds is 4. The predicted molar refractivity (Wildman–Crippen MR) is 111 cm³/mol. The summed E-state index contributed by atoms with van der Waals surface area (Å²) in [4.78, 5) is 17.2. The van der Waals surface area contributed by atoms with Gasteiger partial charge < -0.3 is 0 Å². The second-order valence-corrected chi connectivity index (χ2v) is 7.17. The SMILES string of the molecule is O=C(N/N=C(\c1ccccc1)c1ccncc1)c1sc2ccccc2c1Cl. The Hall–Kier alpha value is -3.02. The van der Waals surface area contributed by atoms with Gasteiger partial charge in [-0.3, -0.25) is 9.78 Å². The Morgan fingerprint density at radius 2 is 1.59 bits per heavy atom. The van der Waals surface area contributed by atoms with Crippen LogP contribution in [-0.4, -0.2) is 16.6 Å². The van der Waals surface area contributed by atoms with Crippen molar-refractivity contribution < 1.29 is 4.79 Å². The number of pyridine rings is 1. The molecule has 4 nitrogen and oxygen atoms in total. The molecule has 132 valence electrons. The highest BCUT2D eigenvalue weighted by molar-refractivity contribution is 7.21. The molecular weight excluding hydrogens is 378 g/mol. The first-order valence-corrected chi connectivity index (χ1v) is 9.44. The molecule has 0 saturated heterocycles. The van der Waals surface area contributed by atoms with Crippen molar-refractivity contribution in [1.29, 1.82) is 0 Å². The number of hydrogen-bond acceptors (Lipinski definition) is 4. The third-order valence-electron chi connectivity index (χ3n) is 4.01. The van der Waals surface area contributed by atoms with Crippen molar-refractivity contribution in [3.05, 3.63) is 100 Å². The molecule has 1 N–H and O–H groups in total. The average Bonchev–Trinajstić information content (AvgIpc) is 3.07. The summed E-state index contributed by atoms with van der Waals surface area (Å²) >= 11 is 7.75. The van der Waals surface area contributed by atoms with E-state index in [4.69, 9.17) is 11.6 Å². The molecule has 0 bridgehead atoms. The highest BCUT2D eigenvalue weighted by Crippen LogP contribution is 2.34. The van der Waals surface area contributed by atoms with Gasteiger partial charge in [0.2, 0.25) is 0 Å². The zero-order chi connectivity index (χ0) is 18.6. The molecular formula is C21H14ClN3OS. The Labute approximate surface area is 165 Å². The largest absolute Gasteiger partial charge is 0.283 e. The van der Waals surface area contributed by atoms with Crippen LogP contribution in [0, 0.1) is 0 Å². The van der Waals surface area contributed by atoms with Crippen molar-refractivity contribution in [1.82, 2.24) is 10.4 Å². The molecule has 0 saturated carbocycles. The van der Waals surface area contributed by atoms with E-state index in [9.17, 15) is 4.79 Å². The van der Waals surface area contributed by atoms with Crippen LogP contribution in [0.25, 0.3) is 10.1 Å². The lowest BCUT2D eigenvalue weighted by molar-refractivity contribution is 0.0959. The monoisotopic (exact) mass is 391 g/mol. The molecule has 0 aliphatic carbocycles. The van der Waals surface area contributed by atoms with Crippen molar-refractivity contribution in [2.45, 2.75) is 0 Å². The lowest BCUT2D eigenvalue weighted by Crippen LogP contribution is -2.20. The molecule has 0 unspecified atom stereocenters. The first kappa shape index (κ1) is 17.4. The number of halogens is 1. The van der Waals surface area contributed by atoms with Crippen LogP contribution in [-0.2, 0) is 0 Å². The Balaban J connectivity index is 1.69. The minimum atomic E-state index is -0.330. The zero-order valence-corrected chi connectivity index (χ0v) is 15.7. The quantitative estimate of drug-likeness (QED) is 0.387. The van der Waals surface area contributed by atoms with Crippen LogP contribution in [0.1, 0.15) is 20.8 Å². The van der Waals surface area contributed by atoms with Crippen LogP contribution in [0.5, 0.6) is 0 Å². The minimum absolute atomic E-state index is 0.330. The molecule has 2 aromatic carbocycles. The van der Waals surface area contributed by atoms with Gasteiger partial charge in [0.1, 0.15) is 4.88 Å². The molecule has 2 heterocycles. The van der Waals surface area contributed by atoms with E-state index >= 15 is 0 Å². The van der Waals surface area contributed by atoms with Gasteiger partial charge in [0, 0.05) is 33.6 Å². The minimum Gasteiger partial charge on any atom is -0.266 e. The highest BCUT2D eigenvalue weighted by atomic mass is 35.5. The number of carbonyl (C=O) groups is 1. The molecule has 0 aliphatic rings. The Kier molecular flexibility index (Phi) is 4.96. The molecule has 0 spiro atoms. The molecule has 27 heavy (non-hydrogen) atoms. The third-order valence-corrected chi connectivity index (χ3v) is 5.69. The maximum Gasteiger partial charge on any atom is 0.283 e. The van der Waals surface area contributed by atoms with Crippen molar-refractivity contribution in [2.24, 2.45) is 5.10 Å². The van der Waals surface area contributed by atoms with Crippen LogP contribution < -0.4 is 5.43 Å². The maximum absolute atomic E-state index is 12.7. The fourth-order valence-electron chi connectivity index (χ4n) is 2.72. The lowest BCUT2D eigenvalue weighted by Gasteiger charge is -2.07. The van der Waals surface area contributed by atoms with E-state index in [0.717, 1.165) is 21.2 Å². The van der Waals surface area contributed by atoms with Crippen molar-refractivity contribution in [2.75, 3.05) is 0 Å². The van der Waals surface area contributed by atoms with Gasteiger partial charge in [0.15, 0.2) is 0 Å². The van der Waals surface area contributed by atoms with E-state index in [2.05, 4.69) is 15.5 Å². The number of amides is 1. The molecule has 0 atom stereocenters. The summed E-state index contributed by atoms with van der Waals surface area (Å²) in [6, 6.07) is 21.0. The van der Waals surface area contributed by atoms with Crippen molar-refractivity contribution in [3.8, 4) is 0 Å². The summed E-state index contributed by atoms with van der Waals surface area (Å²) in [5, 5.41) is 5.71. The summed E-state index contributed by atoms with van der Waals surface area (Å²) in [5.41, 5.74) is 5.06. The number of nitrogens with one attached hydrogen (secondary N) is 1. The van der Waals surface area contributed by atoms with Crippen molar-refractivity contribution in [3.63, 3.8) is 0 Å². The van der Waals surface area contributed by atoms with Crippen molar-refractivity contribution >= 4 is 44.6 Å². The van der Waals surface area contributed by atoms with Gasteiger partial charge in [0.25, 0.3) is 5.91 Å². The number of fused-ring (bicyclic) bond motifs is 1. The normalized spacial score (nSPS) is 11.5. The number of hydrogen-bond donors (Lipinski definition) is 1. The Bertz CT molecular complexity index is 1080. The van der Waals surface area contributed by atoms with Crippen LogP contribution in [0.4, 0.5) is 0 Å². The molecule has 4 aromatic rings. The topological polar surface area (TPSA) is 54.4 Å². The molecule has 6 heteroatoms. The van der Waals surface area contributed by atoms with E-state index in [0.29, 0.717) is 15.6 Å². The number of benzene rings is 2. The molecule has 0 fully saturated rings. The van der Waals surface area contributed by atoms with Crippen LogP contribution in [0.2, 0.25) is 5.02 Å². The lowest BCUT2D eigenvalue weighted by atomic mass is 10.0. The Morgan fingerprint density at radius 3 is 2.33 bits per heavy atom. The molecule has 0 aliphatic heterocycles. The second-order valence-electron chi connectivity index (χ2n) is 5.74. The van der Waals surface area contributed by atoms with Gasteiger partial charge in [-0.2, -0.15) is 5.10 Å². The summed E-state index contributed by atoms with van der Waals surface area (Å²) in [5.74, 6) is -0.330. The van der Waals surface area contributed by atoms with Crippen LogP contribution in [0.3, 0.4) is 0 Å². The van der Waals surface area contributed by atoms with Gasteiger partial charge >= 0.3 is 0 Å². The number of thiophene rings is 1. The van der Waals surface area contributed by atoms with Gasteiger partial charge in [-0.1, -0.05) is 60.1 Å². The average molecular weight is 392 g/mol. The maximum atomic E-state index is 12.7. The van der Waals surface area contributed by atoms with E-state index < -0.39 is 0 Å². The first-order valence-electron chi connectivity index (χ1n) is 8.25. The fourth-order valence-corrected chi connectivity index (χ4v) is 4.13. The fraction of sp³-hybridized carbons (Fsp3) is 0. The first-order chi connectivity index (χ1) is 13.2. The summed E-state index contributed by atoms with van der Waals surface area (Å²) < 4.78 is 0.967. The van der Waals surface area contributed by atoms with E-state index in [1.165, 1.54) is 11.3 Å². The molecule has 2 aromatic heterocycles. The Morgan fingerprint density at radius 1 is 0.926 bits per heavy atom.